The molecule has 0 saturated heterocycles. The van der Waals surface area contributed by atoms with E-state index in [2.05, 4.69) is 6.07 Å². The fourth-order valence-electron chi connectivity index (χ4n) is 1.68. The average Bonchev–Trinajstić information content (AvgIpc) is 2.62. The SMILES string of the molecule is CC(C)CC(N)C(=O)N1CC=C[C@H]1C#N. The van der Waals surface area contributed by atoms with Crippen LogP contribution in [0.25, 0.3) is 0 Å². The molecule has 1 amide bonds. The van der Waals surface area contributed by atoms with Gasteiger partial charge in [-0.2, -0.15) is 5.26 Å². The van der Waals surface area contributed by atoms with Crippen molar-refractivity contribution in [2.75, 3.05) is 6.54 Å². The van der Waals surface area contributed by atoms with Crippen LogP contribution in [-0.4, -0.2) is 29.4 Å². The number of amides is 1. The van der Waals surface area contributed by atoms with E-state index in [0.29, 0.717) is 18.9 Å². The Balaban J connectivity index is 2.58. The molecule has 1 rings (SSSR count). The van der Waals surface area contributed by atoms with Gasteiger partial charge in [-0.1, -0.05) is 19.9 Å². The molecular formula is C11H17N3O. The number of nitrogens with zero attached hydrogens (tertiary/aromatic N) is 2. The molecule has 0 radical (unpaired) electrons. The highest BCUT2D eigenvalue weighted by Crippen LogP contribution is 2.13. The second-order valence-electron chi connectivity index (χ2n) is 4.23. The molecular weight excluding hydrogens is 190 g/mol. The van der Waals surface area contributed by atoms with Crippen molar-refractivity contribution in [2.24, 2.45) is 11.7 Å². The Morgan fingerprint density at radius 2 is 2.40 bits per heavy atom. The van der Waals surface area contributed by atoms with Gasteiger partial charge in [0.15, 0.2) is 0 Å². The number of nitrogens with two attached hydrogens (primary N) is 1. The number of carbonyl (C=O) groups is 1. The van der Waals surface area contributed by atoms with E-state index in [4.69, 9.17) is 11.0 Å². The van der Waals surface area contributed by atoms with Crippen LogP contribution in [0.4, 0.5) is 0 Å². The van der Waals surface area contributed by atoms with Gasteiger partial charge in [-0.25, -0.2) is 0 Å². The van der Waals surface area contributed by atoms with E-state index in [0.717, 1.165) is 0 Å². The van der Waals surface area contributed by atoms with Gasteiger partial charge < -0.3 is 10.6 Å². The fraction of sp³-hybridized carbons (Fsp3) is 0.636. The molecule has 0 aliphatic carbocycles. The molecule has 2 atom stereocenters. The zero-order valence-corrected chi connectivity index (χ0v) is 9.18. The molecule has 15 heavy (non-hydrogen) atoms. The number of hydrogen-bond donors (Lipinski definition) is 1. The molecule has 4 heteroatoms. The lowest BCUT2D eigenvalue weighted by atomic mass is 10.0. The van der Waals surface area contributed by atoms with Gasteiger partial charge in [-0.05, 0) is 18.4 Å². The maximum absolute atomic E-state index is 11.9. The molecule has 2 N–H and O–H groups in total. The first-order valence-corrected chi connectivity index (χ1v) is 5.18. The Bertz CT molecular complexity index is 303. The standard InChI is InChI=1S/C11H17N3O/c1-8(2)6-10(13)11(15)14-5-3-4-9(14)7-12/h3-4,8-10H,5-6,13H2,1-2H3/t9-,10?/m0/s1. The molecule has 0 aromatic heterocycles. The van der Waals surface area contributed by atoms with Crippen molar-refractivity contribution in [1.82, 2.24) is 4.90 Å². The number of rotatable bonds is 3. The molecule has 1 aliphatic heterocycles. The van der Waals surface area contributed by atoms with Crippen molar-refractivity contribution in [2.45, 2.75) is 32.4 Å². The molecule has 4 nitrogen and oxygen atoms in total. The summed E-state index contributed by atoms with van der Waals surface area (Å²) in [7, 11) is 0. The van der Waals surface area contributed by atoms with Crippen molar-refractivity contribution in [1.29, 1.82) is 5.26 Å². The number of nitriles is 1. The van der Waals surface area contributed by atoms with E-state index in [1.807, 2.05) is 19.9 Å². The summed E-state index contributed by atoms with van der Waals surface area (Å²) in [5.74, 6) is 0.264. The first kappa shape index (κ1) is 11.7. The smallest absolute Gasteiger partial charge is 0.241 e. The highest BCUT2D eigenvalue weighted by molar-refractivity contribution is 5.83. The Hall–Kier alpha value is -1.34. The Morgan fingerprint density at radius 3 is 2.93 bits per heavy atom. The van der Waals surface area contributed by atoms with Crippen LogP contribution < -0.4 is 5.73 Å². The zero-order valence-electron chi connectivity index (χ0n) is 9.18. The van der Waals surface area contributed by atoms with Gasteiger partial charge in [0.1, 0.15) is 6.04 Å². The number of carbonyl (C=O) groups excluding carboxylic acids is 1. The highest BCUT2D eigenvalue weighted by atomic mass is 16.2. The average molecular weight is 207 g/mol. The molecule has 0 aromatic carbocycles. The maximum Gasteiger partial charge on any atom is 0.241 e. The predicted octanol–water partition coefficient (Wildman–Crippen LogP) is 0.650. The van der Waals surface area contributed by atoms with Crippen LogP contribution in [0.15, 0.2) is 12.2 Å². The van der Waals surface area contributed by atoms with Crippen LogP contribution in [-0.2, 0) is 4.79 Å². The van der Waals surface area contributed by atoms with Crippen molar-refractivity contribution in [3.63, 3.8) is 0 Å². The van der Waals surface area contributed by atoms with Gasteiger partial charge in [0, 0.05) is 6.54 Å². The lowest BCUT2D eigenvalue weighted by Crippen LogP contribution is -2.46. The Kier molecular flexibility index (Phi) is 3.87. The summed E-state index contributed by atoms with van der Waals surface area (Å²) in [5.41, 5.74) is 5.79. The molecule has 0 aromatic rings. The van der Waals surface area contributed by atoms with Gasteiger partial charge in [0.25, 0.3) is 0 Å². The first-order chi connectivity index (χ1) is 7.06. The molecule has 1 aliphatic rings. The monoisotopic (exact) mass is 207 g/mol. The van der Waals surface area contributed by atoms with Gasteiger partial charge in [-0.15, -0.1) is 0 Å². The van der Waals surface area contributed by atoms with Gasteiger partial charge >= 0.3 is 0 Å². The van der Waals surface area contributed by atoms with Crippen LogP contribution in [0.3, 0.4) is 0 Å². The van der Waals surface area contributed by atoms with E-state index in [1.54, 1.807) is 6.08 Å². The van der Waals surface area contributed by atoms with Crippen LogP contribution in [0.2, 0.25) is 0 Å². The Morgan fingerprint density at radius 1 is 1.73 bits per heavy atom. The van der Waals surface area contributed by atoms with Crippen molar-refractivity contribution in [3.05, 3.63) is 12.2 Å². The highest BCUT2D eigenvalue weighted by Gasteiger charge is 2.28. The van der Waals surface area contributed by atoms with Crippen LogP contribution >= 0.6 is 0 Å². The fourth-order valence-corrected chi connectivity index (χ4v) is 1.68. The van der Waals surface area contributed by atoms with Crippen molar-refractivity contribution >= 4 is 5.91 Å². The molecule has 1 unspecified atom stereocenters. The molecule has 82 valence electrons. The summed E-state index contributed by atoms with van der Waals surface area (Å²) >= 11 is 0. The topological polar surface area (TPSA) is 70.1 Å². The minimum absolute atomic E-state index is 0.125. The molecule has 0 bridgehead atoms. The molecule has 0 saturated carbocycles. The van der Waals surface area contributed by atoms with Gasteiger partial charge in [0.05, 0.1) is 12.1 Å². The van der Waals surface area contributed by atoms with Crippen LogP contribution in [0, 0.1) is 17.2 Å². The van der Waals surface area contributed by atoms with Crippen LogP contribution in [0.5, 0.6) is 0 Å². The third kappa shape index (κ3) is 2.80. The van der Waals surface area contributed by atoms with E-state index in [9.17, 15) is 4.79 Å². The maximum atomic E-state index is 11.9. The first-order valence-electron chi connectivity index (χ1n) is 5.18. The lowest BCUT2D eigenvalue weighted by molar-refractivity contribution is -0.132. The summed E-state index contributed by atoms with van der Waals surface area (Å²) in [6.07, 6.45) is 4.22. The minimum atomic E-state index is -0.485. The van der Waals surface area contributed by atoms with E-state index in [-0.39, 0.29) is 5.91 Å². The normalized spacial score (nSPS) is 21.8. The van der Waals surface area contributed by atoms with Crippen molar-refractivity contribution < 1.29 is 4.79 Å². The quantitative estimate of drug-likeness (QED) is 0.691. The van der Waals surface area contributed by atoms with Gasteiger partial charge in [0.2, 0.25) is 5.91 Å². The van der Waals surface area contributed by atoms with E-state index < -0.39 is 12.1 Å². The molecule has 0 fully saturated rings. The number of hydrogen-bond acceptors (Lipinski definition) is 3. The zero-order chi connectivity index (χ0) is 11.4. The summed E-state index contributed by atoms with van der Waals surface area (Å²) in [5, 5.41) is 8.81. The Labute approximate surface area is 90.3 Å². The summed E-state index contributed by atoms with van der Waals surface area (Å²) in [6, 6.07) is 1.15. The predicted molar refractivity (Wildman–Crippen MR) is 57.7 cm³/mol. The molecule has 1 heterocycles. The lowest BCUT2D eigenvalue weighted by Gasteiger charge is -2.24. The largest absolute Gasteiger partial charge is 0.320 e. The van der Waals surface area contributed by atoms with E-state index in [1.165, 1.54) is 4.90 Å². The summed E-state index contributed by atoms with van der Waals surface area (Å²) in [4.78, 5) is 13.4. The van der Waals surface area contributed by atoms with Crippen molar-refractivity contribution in [3.8, 4) is 6.07 Å². The summed E-state index contributed by atoms with van der Waals surface area (Å²) in [6.45, 7) is 4.55. The second-order valence-corrected chi connectivity index (χ2v) is 4.23. The second kappa shape index (κ2) is 4.94. The van der Waals surface area contributed by atoms with Gasteiger partial charge in [-0.3, -0.25) is 4.79 Å². The van der Waals surface area contributed by atoms with Crippen LogP contribution in [0.1, 0.15) is 20.3 Å². The third-order valence-corrected chi connectivity index (χ3v) is 2.41. The third-order valence-electron chi connectivity index (χ3n) is 2.41. The molecule has 0 spiro atoms. The summed E-state index contributed by atoms with van der Waals surface area (Å²) < 4.78 is 0. The minimum Gasteiger partial charge on any atom is -0.320 e. The van der Waals surface area contributed by atoms with E-state index >= 15 is 0 Å².